The van der Waals surface area contributed by atoms with E-state index in [1.165, 1.54) is 12.8 Å². The first kappa shape index (κ1) is 10.2. The quantitative estimate of drug-likeness (QED) is 0.913. The van der Waals surface area contributed by atoms with Crippen molar-refractivity contribution in [2.75, 3.05) is 0 Å². The summed E-state index contributed by atoms with van der Waals surface area (Å²) in [4.78, 5) is 4.66. The Balaban J connectivity index is 2.13. The molecule has 0 saturated heterocycles. The highest BCUT2D eigenvalue weighted by atomic mass is 79.9. The summed E-state index contributed by atoms with van der Waals surface area (Å²) in [6.45, 7) is 0. The van der Waals surface area contributed by atoms with Crippen LogP contribution in [0.15, 0.2) is 34.8 Å². The molecule has 1 saturated carbocycles. The highest BCUT2D eigenvalue weighted by Crippen LogP contribution is 2.41. The van der Waals surface area contributed by atoms with E-state index in [-0.39, 0.29) is 6.04 Å². The first-order valence-corrected chi connectivity index (χ1v) is 6.36. The van der Waals surface area contributed by atoms with Gasteiger partial charge in [-0.15, -0.1) is 0 Å². The smallest absolute Gasteiger partial charge is 0.0723 e. The predicted molar refractivity (Wildman–Crippen MR) is 69.1 cm³/mol. The van der Waals surface area contributed by atoms with E-state index < -0.39 is 0 Å². The molecule has 16 heavy (non-hydrogen) atoms. The minimum absolute atomic E-state index is 0.0824. The second kappa shape index (κ2) is 3.82. The fourth-order valence-corrected chi connectivity index (χ4v) is 2.62. The van der Waals surface area contributed by atoms with Gasteiger partial charge < -0.3 is 5.73 Å². The average Bonchev–Trinajstić information content (AvgIpc) is 3.11. The number of fused-ring (bicyclic) bond motifs is 1. The van der Waals surface area contributed by atoms with Gasteiger partial charge >= 0.3 is 0 Å². The van der Waals surface area contributed by atoms with Crippen LogP contribution in [0.1, 0.15) is 24.6 Å². The van der Waals surface area contributed by atoms with Crippen molar-refractivity contribution in [1.29, 1.82) is 0 Å². The van der Waals surface area contributed by atoms with E-state index in [1.54, 1.807) is 0 Å². The van der Waals surface area contributed by atoms with Crippen molar-refractivity contribution in [1.82, 2.24) is 4.98 Å². The number of aromatic nitrogens is 1. The van der Waals surface area contributed by atoms with E-state index in [1.807, 2.05) is 18.2 Å². The van der Waals surface area contributed by atoms with Crippen LogP contribution < -0.4 is 5.73 Å². The lowest BCUT2D eigenvalue weighted by Gasteiger charge is -2.12. The molecule has 1 aliphatic carbocycles. The summed E-state index contributed by atoms with van der Waals surface area (Å²) in [5, 5.41) is 1.15. The van der Waals surface area contributed by atoms with Crippen LogP contribution in [0.3, 0.4) is 0 Å². The molecule has 0 radical (unpaired) electrons. The monoisotopic (exact) mass is 276 g/mol. The van der Waals surface area contributed by atoms with Gasteiger partial charge in [-0.25, -0.2) is 4.98 Å². The fraction of sp³-hybridized carbons (Fsp3) is 0.308. The van der Waals surface area contributed by atoms with E-state index in [0.717, 1.165) is 21.1 Å². The summed E-state index contributed by atoms with van der Waals surface area (Å²) in [6, 6.07) is 10.3. The highest BCUT2D eigenvalue weighted by molar-refractivity contribution is 9.10. The number of para-hydroxylation sites is 1. The Kier molecular flexibility index (Phi) is 2.45. The normalized spacial score (nSPS) is 17.6. The number of halogens is 1. The van der Waals surface area contributed by atoms with Crippen molar-refractivity contribution in [2.45, 2.75) is 18.9 Å². The maximum Gasteiger partial charge on any atom is 0.0723 e. The summed E-state index contributed by atoms with van der Waals surface area (Å²) in [6.07, 6.45) is 2.48. The topological polar surface area (TPSA) is 38.9 Å². The van der Waals surface area contributed by atoms with Crippen LogP contribution in [0.4, 0.5) is 0 Å². The third-order valence-corrected chi connectivity index (χ3v) is 3.79. The predicted octanol–water partition coefficient (Wildman–Crippen LogP) is 3.41. The second-order valence-corrected chi connectivity index (χ2v) is 5.27. The number of hydrogen-bond donors (Lipinski definition) is 1. The van der Waals surface area contributed by atoms with Gasteiger partial charge in [0.1, 0.15) is 0 Å². The minimum Gasteiger partial charge on any atom is -0.322 e. The number of rotatable bonds is 2. The summed E-state index contributed by atoms with van der Waals surface area (Å²) >= 11 is 3.57. The molecule has 1 heterocycles. The van der Waals surface area contributed by atoms with Gasteiger partial charge in [0.25, 0.3) is 0 Å². The molecule has 0 amide bonds. The molecule has 1 unspecified atom stereocenters. The molecule has 82 valence electrons. The summed E-state index contributed by atoms with van der Waals surface area (Å²) in [5.41, 5.74) is 8.23. The molecule has 1 fully saturated rings. The van der Waals surface area contributed by atoms with E-state index in [0.29, 0.717) is 5.92 Å². The molecule has 2 N–H and O–H groups in total. The standard InChI is InChI=1S/C13H13BrN2/c14-10-7-9-3-1-2-4-11(9)16-13(10)12(15)8-5-6-8/h1-4,7-8,12H,5-6,15H2. The van der Waals surface area contributed by atoms with E-state index in [9.17, 15) is 0 Å². The number of pyridine rings is 1. The van der Waals surface area contributed by atoms with Crippen molar-refractivity contribution in [3.63, 3.8) is 0 Å². The van der Waals surface area contributed by atoms with Gasteiger partial charge in [0, 0.05) is 9.86 Å². The van der Waals surface area contributed by atoms with Gasteiger partial charge in [-0.2, -0.15) is 0 Å². The third-order valence-electron chi connectivity index (χ3n) is 3.15. The molecule has 2 nitrogen and oxygen atoms in total. The Labute approximate surface area is 103 Å². The van der Waals surface area contributed by atoms with Gasteiger partial charge in [-0.3, -0.25) is 0 Å². The lowest BCUT2D eigenvalue weighted by atomic mass is 10.1. The lowest BCUT2D eigenvalue weighted by Crippen LogP contribution is -2.14. The lowest BCUT2D eigenvalue weighted by molar-refractivity contribution is 0.614. The molecule has 2 aromatic rings. The zero-order valence-corrected chi connectivity index (χ0v) is 10.4. The Morgan fingerprint density at radius 3 is 2.81 bits per heavy atom. The molecule has 3 heteroatoms. The molecular formula is C13H13BrN2. The van der Waals surface area contributed by atoms with Gasteiger partial charge in [-0.05, 0) is 46.8 Å². The summed E-state index contributed by atoms with van der Waals surface area (Å²) in [7, 11) is 0. The SMILES string of the molecule is NC(c1nc2ccccc2cc1Br)C1CC1. The van der Waals surface area contributed by atoms with Gasteiger partial charge in [0.15, 0.2) is 0 Å². The molecule has 1 atom stereocenters. The maximum absolute atomic E-state index is 6.20. The molecular weight excluding hydrogens is 264 g/mol. The third kappa shape index (κ3) is 1.74. The van der Waals surface area contributed by atoms with E-state index in [2.05, 4.69) is 33.0 Å². The van der Waals surface area contributed by atoms with Crippen LogP contribution >= 0.6 is 15.9 Å². The van der Waals surface area contributed by atoms with Crippen LogP contribution in [0.2, 0.25) is 0 Å². The van der Waals surface area contributed by atoms with Crippen molar-refractivity contribution in [3.8, 4) is 0 Å². The molecule has 1 aromatic heterocycles. The van der Waals surface area contributed by atoms with Gasteiger partial charge in [0.05, 0.1) is 17.3 Å². The zero-order chi connectivity index (χ0) is 11.1. The van der Waals surface area contributed by atoms with Crippen LogP contribution in [0.5, 0.6) is 0 Å². The molecule has 0 spiro atoms. The van der Waals surface area contributed by atoms with Gasteiger partial charge in [-0.1, -0.05) is 18.2 Å². The maximum atomic E-state index is 6.20. The Bertz CT molecular complexity index is 534. The average molecular weight is 277 g/mol. The minimum atomic E-state index is 0.0824. The first-order valence-electron chi connectivity index (χ1n) is 5.56. The van der Waals surface area contributed by atoms with Crippen molar-refractivity contribution < 1.29 is 0 Å². The van der Waals surface area contributed by atoms with Gasteiger partial charge in [0.2, 0.25) is 0 Å². The Hall–Kier alpha value is -0.930. The highest BCUT2D eigenvalue weighted by Gasteiger charge is 2.31. The van der Waals surface area contributed by atoms with Crippen LogP contribution in [0, 0.1) is 5.92 Å². The molecule has 1 aromatic carbocycles. The van der Waals surface area contributed by atoms with Crippen molar-refractivity contribution in [2.24, 2.45) is 11.7 Å². The fourth-order valence-electron chi connectivity index (χ4n) is 2.02. The zero-order valence-electron chi connectivity index (χ0n) is 8.86. The van der Waals surface area contributed by atoms with Crippen LogP contribution in [-0.4, -0.2) is 4.98 Å². The molecule has 0 aliphatic heterocycles. The Morgan fingerprint density at radius 2 is 2.06 bits per heavy atom. The second-order valence-electron chi connectivity index (χ2n) is 4.41. The first-order chi connectivity index (χ1) is 7.75. The van der Waals surface area contributed by atoms with E-state index in [4.69, 9.17) is 5.73 Å². The largest absolute Gasteiger partial charge is 0.322 e. The number of hydrogen-bond acceptors (Lipinski definition) is 2. The molecule has 0 bridgehead atoms. The molecule has 3 rings (SSSR count). The summed E-state index contributed by atoms with van der Waals surface area (Å²) in [5.74, 6) is 0.630. The van der Waals surface area contributed by atoms with Crippen molar-refractivity contribution >= 4 is 26.8 Å². The number of nitrogens with zero attached hydrogens (tertiary/aromatic N) is 1. The van der Waals surface area contributed by atoms with Crippen LogP contribution in [-0.2, 0) is 0 Å². The van der Waals surface area contributed by atoms with Crippen LogP contribution in [0.25, 0.3) is 10.9 Å². The van der Waals surface area contributed by atoms with Crippen molar-refractivity contribution in [3.05, 3.63) is 40.5 Å². The number of nitrogens with two attached hydrogens (primary N) is 1. The molecule has 1 aliphatic rings. The summed E-state index contributed by atoms with van der Waals surface area (Å²) < 4.78 is 1.03. The number of benzene rings is 1. The van der Waals surface area contributed by atoms with E-state index >= 15 is 0 Å². The Morgan fingerprint density at radius 1 is 1.31 bits per heavy atom.